The molecule has 0 radical (unpaired) electrons. The second-order valence-corrected chi connectivity index (χ2v) is 6.59. The van der Waals surface area contributed by atoms with Gasteiger partial charge in [0.15, 0.2) is 6.10 Å². The molecule has 0 saturated carbocycles. The van der Waals surface area contributed by atoms with Crippen molar-refractivity contribution >= 4 is 11.6 Å². The molecule has 138 valence electrons. The summed E-state index contributed by atoms with van der Waals surface area (Å²) in [6.07, 6.45) is -0.506. The number of piperazine rings is 1. The number of hydrogen-bond acceptors (Lipinski definition) is 4. The predicted molar refractivity (Wildman–Crippen MR) is 103 cm³/mol. The Morgan fingerprint density at radius 3 is 2.27 bits per heavy atom. The Morgan fingerprint density at radius 1 is 1.00 bits per heavy atom. The third-order valence-electron chi connectivity index (χ3n) is 4.68. The zero-order valence-corrected chi connectivity index (χ0v) is 15.6. The predicted octanol–water partition coefficient (Wildman–Crippen LogP) is 3.12. The van der Waals surface area contributed by atoms with Crippen molar-refractivity contribution in [3.8, 4) is 11.5 Å². The van der Waals surface area contributed by atoms with Gasteiger partial charge in [-0.2, -0.15) is 0 Å². The molecule has 1 unspecified atom stereocenters. The molecule has 0 aliphatic carbocycles. The summed E-state index contributed by atoms with van der Waals surface area (Å²) in [6.45, 7) is 7.00. The minimum atomic E-state index is -0.506. The standard InChI is InChI=1S/C21H26N2O3/c1-16-5-4-6-18(15-16)22-11-13-23(14-12-22)21(24)17(2)26-20-9-7-19(25-3)8-10-20/h4-10,15,17H,11-14H2,1-3H3. The van der Waals surface area contributed by atoms with E-state index in [1.807, 2.05) is 29.2 Å². The van der Waals surface area contributed by atoms with Crippen molar-refractivity contribution in [1.82, 2.24) is 4.90 Å². The molecule has 0 aromatic heterocycles. The molecule has 2 aromatic carbocycles. The maximum absolute atomic E-state index is 12.7. The maximum atomic E-state index is 12.7. The van der Waals surface area contributed by atoms with Gasteiger partial charge in [0.2, 0.25) is 0 Å². The number of ether oxygens (including phenoxy) is 2. The van der Waals surface area contributed by atoms with Crippen LogP contribution in [0.15, 0.2) is 48.5 Å². The topological polar surface area (TPSA) is 42.0 Å². The number of hydrogen-bond donors (Lipinski definition) is 0. The molecular weight excluding hydrogens is 328 g/mol. The first kappa shape index (κ1) is 18.1. The van der Waals surface area contributed by atoms with Gasteiger partial charge in [0.05, 0.1) is 7.11 Å². The van der Waals surface area contributed by atoms with Crippen molar-refractivity contribution in [1.29, 1.82) is 0 Å². The van der Waals surface area contributed by atoms with Gasteiger partial charge in [-0.25, -0.2) is 0 Å². The molecule has 26 heavy (non-hydrogen) atoms. The van der Waals surface area contributed by atoms with Crippen LogP contribution in [0.5, 0.6) is 11.5 Å². The molecule has 5 nitrogen and oxygen atoms in total. The van der Waals surface area contributed by atoms with Crippen LogP contribution in [-0.4, -0.2) is 50.2 Å². The fourth-order valence-electron chi connectivity index (χ4n) is 3.18. The van der Waals surface area contributed by atoms with E-state index in [9.17, 15) is 4.79 Å². The highest BCUT2D eigenvalue weighted by Gasteiger charge is 2.26. The largest absolute Gasteiger partial charge is 0.497 e. The fraction of sp³-hybridized carbons (Fsp3) is 0.381. The van der Waals surface area contributed by atoms with E-state index in [0.29, 0.717) is 18.8 Å². The average Bonchev–Trinajstić information content (AvgIpc) is 2.68. The molecule has 1 heterocycles. The summed E-state index contributed by atoms with van der Waals surface area (Å²) >= 11 is 0. The number of rotatable bonds is 5. The van der Waals surface area contributed by atoms with Crippen LogP contribution >= 0.6 is 0 Å². The van der Waals surface area contributed by atoms with Crippen LogP contribution in [0.4, 0.5) is 5.69 Å². The number of carbonyl (C=O) groups is 1. The molecule has 1 aliphatic heterocycles. The molecule has 1 amide bonds. The van der Waals surface area contributed by atoms with E-state index in [0.717, 1.165) is 18.8 Å². The number of carbonyl (C=O) groups excluding carboxylic acids is 1. The van der Waals surface area contributed by atoms with Crippen LogP contribution in [-0.2, 0) is 4.79 Å². The normalized spacial score (nSPS) is 15.5. The number of benzene rings is 2. The molecule has 1 saturated heterocycles. The van der Waals surface area contributed by atoms with Gasteiger partial charge >= 0.3 is 0 Å². The van der Waals surface area contributed by atoms with E-state index in [2.05, 4.69) is 36.1 Å². The summed E-state index contributed by atoms with van der Waals surface area (Å²) in [5.41, 5.74) is 2.47. The maximum Gasteiger partial charge on any atom is 0.263 e. The van der Waals surface area contributed by atoms with Crippen molar-refractivity contribution in [2.45, 2.75) is 20.0 Å². The van der Waals surface area contributed by atoms with E-state index >= 15 is 0 Å². The Kier molecular flexibility index (Phi) is 5.66. The van der Waals surface area contributed by atoms with E-state index in [1.165, 1.54) is 11.3 Å². The number of nitrogens with zero attached hydrogens (tertiary/aromatic N) is 2. The molecule has 2 aromatic rings. The lowest BCUT2D eigenvalue weighted by atomic mass is 10.2. The third kappa shape index (κ3) is 4.28. The highest BCUT2D eigenvalue weighted by molar-refractivity contribution is 5.81. The van der Waals surface area contributed by atoms with Gasteiger partial charge < -0.3 is 19.3 Å². The molecule has 0 bridgehead atoms. The van der Waals surface area contributed by atoms with Crippen LogP contribution in [0.3, 0.4) is 0 Å². The zero-order chi connectivity index (χ0) is 18.5. The van der Waals surface area contributed by atoms with Gasteiger partial charge in [-0.05, 0) is 55.8 Å². The molecule has 5 heteroatoms. The first-order chi connectivity index (χ1) is 12.6. The van der Waals surface area contributed by atoms with E-state index in [4.69, 9.17) is 9.47 Å². The Balaban J connectivity index is 1.53. The molecule has 3 rings (SSSR count). The van der Waals surface area contributed by atoms with Crippen molar-refractivity contribution in [2.75, 3.05) is 38.2 Å². The lowest BCUT2D eigenvalue weighted by molar-refractivity contribution is -0.138. The molecule has 1 fully saturated rings. The fourth-order valence-corrected chi connectivity index (χ4v) is 3.18. The van der Waals surface area contributed by atoms with Crippen LogP contribution in [0, 0.1) is 6.92 Å². The van der Waals surface area contributed by atoms with Crippen molar-refractivity contribution in [2.24, 2.45) is 0 Å². The molecule has 0 spiro atoms. The quantitative estimate of drug-likeness (QED) is 0.827. The van der Waals surface area contributed by atoms with Gasteiger partial charge in [0.1, 0.15) is 11.5 Å². The smallest absolute Gasteiger partial charge is 0.263 e. The van der Waals surface area contributed by atoms with Crippen LogP contribution < -0.4 is 14.4 Å². The molecule has 1 aliphatic rings. The number of anilines is 1. The Hall–Kier alpha value is -2.69. The zero-order valence-electron chi connectivity index (χ0n) is 15.6. The lowest BCUT2D eigenvalue weighted by Gasteiger charge is -2.37. The number of aryl methyl sites for hydroxylation is 1. The van der Waals surface area contributed by atoms with Gasteiger partial charge in [0.25, 0.3) is 5.91 Å². The second kappa shape index (κ2) is 8.13. The van der Waals surface area contributed by atoms with Crippen molar-refractivity contribution in [3.05, 3.63) is 54.1 Å². The summed E-state index contributed by atoms with van der Waals surface area (Å²) in [6, 6.07) is 15.8. The highest BCUT2D eigenvalue weighted by atomic mass is 16.5. The minimum Gasteiger partial charge on any atom is -0.497 e. The second-order valence-electron chi connectivity index (χ2n) is 6.59. The Bertz CT molecular complexity index is 737. The highest BCUT2D eigenvalue weighted by Crippen LogP contribution is 2.20. The van der Waals surface area contributed by atoms with Crippen LogP contribution in [0.2, 0.25) is 0 Å². The minimum absolute atomic E-state index is 0.0321. The number of amides is 1. The van der Waals surface area contributed by atoms with E-state index in [1.54, 1.807) is 14.0 Å². The van der Waals surface area contributed by atoms with Gasteiger partial charge in [-0.3, -0.25) is 4.79 Å². The van der Waals surface area contributed by atoms with Crippen LogP contribution in [0.25, 0.3) is 0 Å². The third-order valence-corrected chi connectivity index (χ3v) is 4.68. The number of methoxy groups -OCH3 is 1. The Morgan fingerprint density at radius 2 is 1.65 bits per heavy atom. The summed E-state index contributed by atoms with van der Waals surface area (Å²) < 4.78 is 10.9. The van der Waals surface area contributed by atoms with Crippen molar-refractivity contribution in [3.63, 3.8) is 0 Å². The van der Waals surface area contributed by atoms with Crippen molar-refractivity contribution < 1.29 is 14.3 Å². The first-order valence-corrected chi connectivity index (χ1v) is 8.98. The summed E-state index contributed by atoms with van der Waals surface area (Å²) in [5.74, 6) is 1.47. The summed E-state index contributed by atoms with van der Waals surface area (Å²) in [5, 5.41) is 0. The van der Waals surface area contributed by atoms with Gasteiger partial charge in [-0.15, -0.1) is 0 Å². The average molecular weight is 354 g/mol. The van der Waals surface area contributed by atoms with E-state index < -0.39 is 6.10 Å². The summed E-state index contributed by atoms with van der Waals surface area (Å²) in [4.78, 5) is 16.9. The SMILES string of the molecule is COc1ccc(OC(C)C(=O)N2CCN(c3cccc(C)c3)CC2)cc1. The molecular formula is C21H26N2O3. The molecule has 1 atom stereocenters. The lowest BCUT2D eigenvalue weighted by Crippen LogP contribution is -2.52. The van der Waals surface area contributed by atoms with Gasteiger partial charge in [0, 0.05) is 31.9 Å². The monoisotopic (exact) mass is 354 g/mol. The first-order valence-electron chi connectivity index (χ1n) is 8.98. The summed E-state index contributed by atoms with van der Waals surface area (Å²) in [7, 11) is 1.62. The van der Waals surface area contributed by atoms with E-state index in [-0.39, 0.29) is 5.91 Å². The van der Waals surface area contributed by atoms with Crippen LogP contribution in [0.1, 0.15) is 12.5 Å². The molecule has 0 N–H and O–H groups in total. The Labute approximate surface area is 155 Å². The van der Waals surface area contributed by atoms with Gasteiger partial charge in [-0.1, -0.05) is 12.1 Å².